The standard InChI is InChI=1S/C28H31N5O/c1-18-6-5-7-19(2)26(18)29-28(34)23-17-24-25(16-20(23)3)30-31-27(24)21-8-10-22(11-9-21)33-14-12-32(4)13-15-33/h5-11,16-17H,12-15H2,1-4H3,(H,29,34)(H,30,31). The third-order valence-electron chi connectivity index (χ3n) is 6.88. The SMILES string of the molecule is Cc1cc2[nH]nc(-c3ccc(N4CCN(C)CC4)cc3)c2cc1C(=O)Nc1c(C)cccc1C. The maximum Gasteiger partial charge on any atom is 0.255 e. The third kappa shape index (κ3) is 4.17. The zero-order valence-electron chi connectivity index (χ0n) is 20.3. The molecule has 2 heterocycles. The van der Waals surface area contributed by atoms with Crippen molar-refractivity contribution < 1.29 is 4.79 Å². The second-order valence-electron chi connectivity index (χ2n) is 9.34. The van der Waals surface area contributed by atoms with Gasteiger partial charge in [0.25, 0.3) is 5.91 Å². The third-order valence-corrected chi connectivity index (χ3v) is 6.88. The van der Waals surface area contributed by atoms with Crippen molar-refractivity contribution in [2.45, 2.75) is 20.8 Å². The molecule has 6 nitrogen and oxygen atoms in total. The summed E-state index contributed by atoms with van der Waals surface area (Å²) in [5, 5.41) is 11.8. The number of likely N-dealkylation sites (N-methyl/N-ethyl adjacent to an activating group) is 1. The molecule has 0 atom stereocenters. The normalized spacial score (nSPS) is 14.5. The van der Waals surface area contributed by atoms with E-state index in [1.807, 2.05) is 51.1 Å². The molecule has 4 aromatic rings. The first-order valence-electron chi connectivity index (χ1n) is 11.8. The van der Waals surface area contributed by atoms with Crippen molar-refractivity contribution in [2.75, 3.05) is 43.4 Å². The number of aromatic nitrogens is 2. The van der Waals surface area contributed by atoms with Gasteiger partial charge in [0.15, 0.2) is 0 Å². The molecule has 1 amide bonds. The van der Waals surface area contributed by atoms with Gasteiger partial charge in [0.05, 0.1) is 11.2 Å². The maximum absolute atomic E-state index is 13.2. The number of para-hydroxylation sites is 1. The topological polar surface area (TPSA) is 64.3 Å². The summed E-state index contributed by atoms with van der Waals surface area (Å²) in [5.74, 6) is -0.102. The first kappa shape index (κ1) is 22.2. The fraction of sp³-hybridized carbons (Fsp3) is 0.286. The van der Waals surface area contributed by atoms with Gasteiger partial charge >= 0.3 is 0 Å². The molecule has 1 fully saturated rings. The summed E-state index contributed by atoms with van der Waals surface area (Å²) in [6, 6.07) is 18.6. The van der Waals surface area contributed by atoms with Crippen LogP contribution in [-0.4, -0.2) is 54.2 Å². The molecule has 174 valence electrons. The molecular formula is C28H31N5O. The van der Waals surface area contributed by atoms with Gasteiger partial charge in [0, 0.05) is 54.1 Å². The van der Waals surface area contributed by atoms with Crippen LogP contribution in [-0.2, 0) is 0 Å². The molecule has 1 aliphatic rings. The van der Waals surface area contributed by atoms with Crippen LogP contribution in [0.25, 0.3) is 22.2 Å². The van der Waals surface area contributed by atoms with Crippen molar-refractivity contribution in [2.24, 2.45) is 0 Å². The number of rotatable bonds is 4. The molecule has 0 saturated carbocycles. The van der Waals surface area contributed by atoms with Crippen LogP contribution >= 0.6 is 0 Å². The quantitative estimate of drug-likeness (QED) is 0.448. The number of fused-ring (bicyclic) bond motifs is 1. The number of H-pyrrole nitrogens is 1. The smallest absolute Gasteiger partial charge is 0.255 e. The van der Waals surface area contributed by atoms with E-state index in [1.54, 1.807) is 0 Å². The zero-order chi connectivity index (χ0) is 23.8. The van der Waals surface area contributed by atoms with Gasteiger partial charge in [-0.3, -0.25) is 9.89 Å². The minimum Gasteiger partial charge on any atom is -0.369 e. The summed E-state index contributed by atoms with van der Waals surface area (Å²) in [5.41, 5.74) is 8.62. The van der Waals surface area contributed by atoms with E-state index in [0.717, 1.165) is 70.7 Å². The predicted octanol–water partition coefficient (Wildman–Crippen LogP) is 5.16. The summed E-state index contributed by atoms with van der Waals surface area (Å²) in [4.78, 5) is 18.0. The van der Waals surface area contributed by atoms with Crippen LogP contribution in [0.2, 0.25) is 0 Å². The van der Waals surface area contributed by atoms with Crippen molar-refractivity contribution in [3.05, 3.63) is 76.9 Å². The molecule has 0 radical (unpaired) electrons. The average molecular weight is 454 g/mol. The molecule has 0 aliphatic carbocycles. The largest absolute Gasteiger partial charge is 0.369 e. The summed E-state index contributed by atoms with van der Waals surface area (Å²) < 4.78 is 0. The molecule has 6 heteroatoms. The summed E-state index contributed by atoms with van der Waals surface area (Å²) in [6.07, 6.45) is 0. The number of nitrogens with zero attached hydrogens (tertiary/aromatic N) is 3. The lowest BCUT2D eigenvalue weighted by molar-refractivity contribution is 0.102. The molecule has 0 unspecified atom stereocenters. The number of aryl methyl sites for hydroxylation is 3. The average Bonchev–Trinajstić information content (AvgIpc) is 3.24. The van der Waals surface area contributed by atoms with Crippen LogP contribution in [0.5, 0.6) is 0 Å². The fourth-order valence-corrected chi connectivity index (χ4v) is 4.72. The van der Waals surface area contributed by atoms with Crippen LogP contribution in [0.1, 0.15) is 27.0 Å². The molecule has 5 rings (SSSR count). The van der Waals surface area contributed by atoms with E-state index in [4.69, 9.17) is 0 Å². The molecule has 34 heavy (non-hydrogen) atoms. The molecule has 1 aliphatic heterocycles. The van der Waals surface area contributed by atoms with E-state index < -0.39 is 0 Å². The fourth-order valence-electron chi connectivity index (χ4n) is 4.72. The van der Waals surface area contributed by atoms with Crippen LogP contribution in [0.15, 0.2) is 54.6 Å². The van der Waals surface area contributed by atoms with Crippen molar-refractivity contribution in [3.8, 4) is 11.3 Å². The number of benzene rings is 3. The van der Waals surface area contributed by atoms with E-state index in [0.29, 0.717) is 5.56 Å². The van der Waals surface area contributed by atoms with Gasteiger partial charge in [-0.2, -0.15) is 5.10 Å². The van der Waals surface area contributed by atoms with Gasteiger partial charge in [-0.15, -0.1) is 0 Å². The maximum atomic E-state index is 13.2. The minimum atomic E-state index is -0.102. The summed E-state index contributed by atoms with van der Waals surface area (Å²) >= 11 is 0. The second-order valence-corrected chi connectivity index (χ2v) is 9.34. The van der Waals surface area contributed by atoms with E-state index >= 15 is 0 Å². The number of anilines is 2. The highest BCUT2D eigenvalue weighted by atomic mass is 16.1. The molecular weight excluding hydrogens is 422 g/mol. The van der Waals surface area contributed by atoms with Gasteiger partial charge in [-0.25, -0.2) is 0 Å². The second kappa shape index (κ2) is 8.95. The van der Waals surface area contributed by atoms with Crippen LogP contribution in [0.3, 0.4) is 0 Å². The van der Waals surface area contributed by atoms with Gasteiger partial charge < -0.3 is 15.1 Å². The first-order chi connectivity index (χ1) is 16.4. The van der Waals surface area contributed by atoms with Crippen molar-refractivity contribution in [1.29, 1.82) is 0 Å². The number of carbonyl (C=O) groups excluding carboxylic acids is 1. The Bertz CT molecular complexity index is 1330. The van der Waals surface area contributed by atoms with E-state index in [-0.39, 0.29) is 5.91 Å². The Hall–Kier alpha value is -3.64. The molecule has 3 aromatic carbocycles. The van der Waals surface area contributed by atoms with Gasteiger partial charge in [0.2, 0.25) is 0 Å². The zero-order valence-corrected chi connectivity index (χ0v) is 20.3. The Labute approximate surface area is 200 Å². The van der Waals surface area contributed by atoms with E-state index in [1.165, 1.54) is 5.69 Å². The molecule has 0 bridgehead atoms. The first-order valence-corrected chi connectivity index (χ1v) is 11.8. The number of hydrogen-bond acceptors (Lipinski definition) is 4. The van der Waals surface area contributed by atoms with Gasteiger partial charge in [-0.05, 0) is 68.8 Å². The van der Waals surface area contributed by atoms with Gasteiger partial charge in [-0.1, -0.05) is 30.3 Å². The van der Waals surface area contributed by atoms with Crippen molar-refractivity contribution in [3.63, 3.8) is 0 Å². The van der Waals surface area contributed by atoms with Gasteiger partial charge in [0.1, 0.15) is 0 Å². The Balaban J connectivity index is 1.45. The Kier molecular flexibility index (Phi) is 5.84. The lowest BCUT2D eigenvalue weighted by atomic mass is 10.0. The Morgan fingerprint density at radius 3 is 2.26 bits per heavy atom. The highest BCUT2D eigenvalue weighted by Gasteiger charge is 2.18. The molecule has 0 spiro atoms. The number of amides is 1. The van der Waals surface area contributed by atoms with E-state index in [9.17, 15) is 4.79 Å². The predicted molar refractivity (Wildman–Crippen MR) is 140 cm³/mol. The number of carbonyl (C=O) groups is 1. The van der Waals surface area contributed by atoms with Crippen LogP contribution < -0.4 is 10.2 Å². The summed E-state index contributed by atoms with van der Waals surface area (Å²) in [6.45, 7) is 10.2. The minimum absolute atomic E-state index is 0.102. The molecule has 1 aromatic heterocycles. The Morgan fingerprint density at radius 2 is 1.59 bits per heavy atom. The van der Waals surface area contributed by atoms with E-state index in [2.05, 4.69) is 56.6 Å². The number of piperazine rings is 1. The van der Waals surface area contributed by atoms with Crippen molar-refractivity contribution in [1.82, 2.24) is 15.1 Å². The lowest BCUT2D eigenvalue weighted by Crippen LogP contribution is -2.44. The van der Waals surface area contributed by atoms with Crippen LogP contribution in [0.4, 0.5) is 11.4 Å². The highest BCUT2D eigenvalue weighted by molar-refractivity contribution is 6.09. The van der Waals surface area contributed by atoms with Crippen LogP contribution in [0, 0.1) is 20.8 Å². The highest BCUT2D eigenvalue weighted by Crippen LogP contribution is 2.31. The molecule has 1 saturated heterocycles. The monoisotopic (exact) mass is 453 g/mol. The lowest BCUT2D eigenvalue weighted by Gasteiger charge is -2.34. The Morgan fingerprint density at radius 1 is 0.912 bits per heavy atom. The molecule has 2 N–H and O–H groups in total. The number of nitrogens with one attached hydrogen (secondary N) is 2. The number of hydrogen-bond donors (Lipinski definition) is 2. The van der Waals surface area contributed by atoms with Crippen molar-refractivity contribution >= 4 is 28.2 Å². The summed E-state index contributed by atoms with van der Waals surface area (Å²) in [7, 11) is 2.17. The number of aromatic amines is 1.